The normalized spacial score (nSPS) is 17.6. The summed E-state index contributed by atoms with van der Waals surface area (Å²) in [5.41, 5.74) is 1.27. The van der Waals surface area contributed by atoms with Crippen molar-refractivity contribution in [1.29, 1.82) is 0 Å². The molecule has 36 heavy (non-hydrogen) atoms. The fourth-order valence-corrected chi connectivity index (χ4v) is 5.33. The molecule has 8 nitrogen and oxygen atoms in total. The van der Waals surface area contributed by atoms with Gasteiger partial charge in [-0.15, -0.1) is 10.3 Å². The number of aromatic nitrogens is 1. The van der Waals surface area contributed by atoms with Crippen LogP contribution in [0.5, 0.6) is 11.5 Å². The van der Waals surface area contributed by atoms with E-state index in [0.717, 1.165) is 16.1 Å². The molecular formula is C27H32ClN4O4. The predicted molar refractivity (Wildman–Crippen MR) is 142 cm³/mol. The van der Waals surface area contributed by atoms with Crippen LogP contribution in [0.15, 0.2) is 42.6 Å². The first-order valence-electron chi connectivity index (χ1n) is 11.8. The quantitative estimate of drug-likeness (QED) is 0.409. The fraction of sp³-hybridized carbons (Fsp3) is 0.407. The van der Waals surface area contributed by atoms with Crippen molar-refractivity contribution in [3.8, 4) is 11.5 Å². The van der Waals surface area contributed by atoms with Gasteiger partial charge in [-0.25, -0.2) is 0 Å². The largest absolute Gasteiger partial charge is 0.493 e. The van der Waals surface area contributed by atoms with Gasteiger partial charge in [-0.05, 0) is 64.8 Å². The van der Waals surface area contributed by atoms with Gasteiger partial charge in [-0.2, -0.15) is 0 Å². The molecule has 3 aromatic rings. The summed E-state index contributed by atoms with van der Waals surface area (Å²) < 4.78 is 11.0. The molecule has 1 fully saturated rings. The van der Waals surface area contributed by atoms with Crippen molar-refractivity contribution >= 4 is 45.5 Å². The Bertz CT molecular complexity index is 1280. The molecule has 1 amide bonds. The number of carbonyl (C=O) groups excluding carboxylic acids is 1. The molecule has 0 atom stereocenters. The van der Waals surface area contributed by atoms with Gasteiger partial charge in [0.1, 0.15) is 0 Å². The number of ether oxygens (including phenoxy) is 2. The molecule has 1 radical (unpaired) electrons. The summed E-state index contributed by atoms with van der Waals surface area (Å²) in [6.07, 6.45) is 2.53. The molecule has 2 aromatic carbocycles. The first-order chi connectivity index (χ1) is 16.9. The van der Waals surface area contributed by atoms with E-state index in [4.69, 9.17) is 21.1 Å². The zero-order valence-corrected chi connectivity index (χ0v) is 22.2. The summed E-state index contributed by atoms with van der Waals surface area (Å²) in [6.45, 7) is 7.52. The molecule has 1 aliphatic heterocycles. The zero-order valence-electron chi connectivity index (χ0n) is 21.4. The predicted octanol–water partition coefficient (Wildman–Crippen LogP) is 6.20. The highest BCUT2D eigenvalue weighted by Crippen LogP contribution is 2.42. The summed E-state index contributed by atoms with van der Waals surface area (Å²) in [5.74, 6) is 0.605. The van der Waals surface area contributed by atoms with E-state index in [2.05, 4.69) is 15.6 Å². The monoisotopic (exact) mass is 511 g/mol. The number of hydroxylamine groups is 2. The Kier molecular flexibility index (Phi) is 7.05. The Morgan fingerprint density at radius 1 is 1.06 bits per heavy atom. The van der Waals surface area contributed by atoms with Crippen molar-refractivity contribution in [2.45, 2.75) is 51.6 Å². The number of anilines is 3. The number of methoxy groups -OCH3 is 2. The van der Waals surface area contributed by atoms with Crippen LogP contribution in [0.25, 0.3) is 10.9 Å². The van der Waals surface area contributed by atoms with E-state index >= 15 is 0 Å². The Morgan fingerprint density at radius 3 is 2.31 bits per heavy atom. The van der Waals surface area contributed by atoms with Crippen LogP contribution in [-0.2, 0) is 10.0 Å². The maximum Gasteiger partial charge on any atom is 0.227 e. The maximum atomic E-state index is 13.5. The van der Waals surface area contributed by atoms with Gasteiger partial charge < -0.3 is 20.1 Å². The average molecular weight is 512 g/mol. The number of nitrogens with one attached hydrogen (secondary N) is 2. The molecule has 1 aromatic heterocycles. The van der Waals surface area contributed by atoms with E-state index < -0.39 is 11.1 Å². The third kappa shape index (κ3) is 5.07. The first kappa shape index (κ1) is 26.0. The number of nitrogens with zero attached hydrogens (tertiary/aromatic N) is 2. The second kappa shape index (κ2) is 9.76. The minimum absolute atomic E-state index is 0.153. The van der Waals surface area contributed by atoms with Crippen LogP contribution in [0.4, 0.5) is 17.1 Å². The van der Waals surface area contributed by atoms with Gasteiger partial charge in [0, 0.05) is 39.2 Å². The minimum Gasteiger partial charge on any atom is -0.493 e. The van der Waals surface area contributed by atoms with Gasteiger partial charge in [0.05, 0.1) is 37.3 Å². The van der Waals surface area contributed by atoms with Gasteiger partial charge in [0.15, 0.2) is 11.5 Å². The molecule has 9 heteroatoms. The maximum absolute atomic E-state index is 13.5. The second-order valence-corrected chi connectivity index (χ2v) is 10.9. The van der Waals surface area contributed by atoms with Crippen LogP contribution in [0.3, 0.4) is 0 Å². The molecule has 0 saturated carbocycles. The van der Waals surface area contributed by atoms with Crippen molar-refractivity contribution in [2.75, 3.05) is 24.9 Å². The lowest BCUT2D eigenvalue weighted by atomic mass is 9.75. The molecule has 191 valence electrons. The van der Waals surface area contributed by atoms with Gasteiger partial charge in [-0.3, -0.25) is 9.78 Å². The van der Waals surface area contributed by atoms with Crippen molar-refractivity contribution in [3.05, 3.63) is 47.6 Å². The number of rotatable bonds is 6. The van der Waals surface area contributed by atoms with Crippen molar-refractivity contribution in [2.24, 2.45) is 5.92 Å². The number of pyridine rings is 1. The van der Waals surface area contributed by atoms with Gasteiger partial charge in [0.25, 0.3) is 0 Å². The van der Waals surface area contributed by atoms with E-state index in [0.29, 0.717) is 46.3 Å². The molecule has 2 heterocycles. The summed E-state index contributed by atoms with van der Waals surface area (Å²) in [6, 6.07) is 10.9. The van der Waals surface area contributed by atoms with Gasteiger partial charge in [0.2, 0.25) is 5.91 Å². The van der Waals surface area contributed by atoms with Gasteiger partial charge >= 0.3 is 0 Å². The van der Waals surface area contributed by atoms with E-state index in [1.165, 1.54) is 0 Å². The number of hydrogen-bond donors (Lipinski definition) is 2. The summed E-state index contributed by atoms with van der Waals surface area (Å²) >= 11 is 6.22. The van der Waals surface area contributed by atoms with Crippen LogP contribution in [0, 0.1) is 5.92 Å². The number of hydrogen-bond acceptors (Lipinski definition) is 6. The molecule has 0 spiro atoms. The topological polar surface area (TPSA) is 95.6 Å². The van der Waals surface area contributed by atoms with Crippen molar-refractivity contribution in [1.82, 2.24) is 10.0 Å². The molecule has 0 aliphatic carbocycles. The van der Waals surface area contributed by atoms with Crippen LogP contribution in [0.2, 0.25) is 5.02 Å². The Balaban J connectivity index is 1.76. The highest BCUT2D eigenvalue weighted by Gasteiger charge is 2.48. The molecule has 2 N–H and O–H groups in total. The van der Waals surface area contributed by atoms with Crippen molar-refractivity contribution in [3.63, 3.8) is 0 Å². The molecule has 1 aliphatic rings. The van der Waals surface area contributed by atoms with Crippen LogP contribution in [0.1, 0.15) is 40.5 Å². The van der Waals surface area contributed by atoms with Crippen molar-refractivity contribution < 1.29 is 19.5 Å². The molecule has 0 bridgehead atoms. The number of amides is 1. The van der Waals surface area contributed by atoms with E-state index in [-0.39, 0.29) is 11.8 Å². The summed E-state index contributed by atoms with van der Waals surface area (Å²) in [4.78, 5) is 18.1. The SMILES string of the molecule is COc1cc2ncc(NC(=O)C3CC(C)(C)N([O])C(C)(C)C3)c(Nc3cccc(Cl)c3)c2cc1OC. The third-order valence-electron chi connectivity index (χ3n) is 6.69. The molecule has 0 unspecified atom stereocenters. The fourth-order valence-electron chi connectivity index (χ4n) is 5.14. The minimum atomic E-state index is -0.656. The molecular weight excluding hydrogens is 480 g/mol. The van der Waals surface area contributed by atoms with E-state index in [1.54, 1.807) is 38.6 Å². The second-order valence-electron chi connectivity index (χ2n) is 10.4. The number of fused-ring (bicyclic) bond motifs is 1. The number of piperidine rings is 1. The van der Waals surface area contributed by atoms with Crippen LogP contribution >= 0.6 is 11.6 Å². The van der Waals surface area contributed by atoms with E-state index in [9.17, 15) is 10.0 Å². The van der Waals surface area contributed by atoms with Gasteiger partial charge in [-0.1, -0.05) is 17.7 Å². The average Bonchev–Trinajstić information content (AvgIpc) is 2.82. The molecule has 4 rings (SSSR count). The lowest BCUT2D eigenvalue weighted by Crippen LogP contribution is -2.59. The third-order valence-corrected chi connectivity index (χ3v) is 6.92. The molecule has 1 saturated heterocycles. The Morgan fingerprint density at radius 2 is 1.69 bits per heavy atom. The standard InChI is InChI=1S/C27H32ClN4O4/c1-26(2)13-16(14-27(3,4)32(26)34)25(33)31-21-15-29-20-12-23(36-6)22(35-5)11-19(20)24(21)30-18-9-7-8-17(28)10-18/h7-12,15-16H,13-14H2,1-6H3,(H,29,30)(H,31,33). The highest BCUT2D eigenvalue weighted by atomic mass is 35.5. The Labute approximate surface area is 216 Å². The van der Waals surface area contributed by atoms with E-state index in [1.807, 2.05) is 45.9 Å². The highest BCUT2D eigenvalue weighted by molar-refractivity contribution is 6.30. The summed E-state index contributed by atoms with van der Waals surface area (Å²) in [5, 5.41) is 21.7. The zero-order chi connectivity index (χ0) is 26.3. The number of carbonyl (C=O) groups is 1. The summed E-state index contributed by atoms with van der Waals surface area (Å²) in [7, 11) is 3.14. The number of benzene rings is 2. The Hall–Kier alpha value is -3.07. The lowest BCUT2D eigenvalue weighted by molar-refractivity contribution is -0.292. The van der Waals surface area contributed by atoms with Crippen LogP contribution < -0.4 is 20.1 Å². The van der Waals surface area contributed by atoms with Crippen LogP contribution in [-0.4, -0.2) is 41.3 Å². The number of halogens is 1. The lowest BCUT2D eigenvalue weighted by Gasteiger charge is -2.49. The smallest absolute Gasteiger partial charge is 0.227 e. The first-order valence-corrected chi connectivity index (χ1v) is 12.2.